The maximum Gasteiger partial charge on any atom is 0.423 e. The van der Waals surface area contributed by atoms with Gasteiger partial charge in [-0.15, -0.1) is 0 Å². The van der Waals surface area contributed by atoms with Gasteiger partial charge in [0.25, 0.3) is 0 Å². The Kier molecular flexibility index (Phi) is 3.64. The third kappa shape index (κ3) is 2.47. The molecule has 22 heavy (non-hydrogen) atoms. The molecule has 112 valence electrons. The van der Waals surface area contributed by atoms with E-state index in [1.54, 1.807) is 42.5 Å². The van der Waals surface area contributed by atoms with Gasteiger partial charge in [-0.3, -0.25) is 0 Å². The summed E-state index contributed by atoms with van der Waals surface area (Å²) in [7, 11) is 0. The first kappa shape index (κ1) is 15.0. The van der Waals surface area contributed by atoms with Crippen molar-refractivity contribution >= 4 is 21.6 Å². The Morgan fingerprint density at radius 2 is 1.55 bits per heavy atom. The molecule has 2 nitrogen and oxygen atoms in total. The van der Waals surface area contributed by atoms with Crippen LogP contribution in [0.15, 0.2) is 75.4 Å². The van der Waals surface area contributed by atoms with E-state index in [2.05, 4.69) is 26.2 Å². The zero-order chi connectivity index (χ0) is 15.8. The van der Waals surface area contributed by atoms with E-state index in [1.807, 2.05) is 0 Å². The molecule has 0 N–H and O–H groups in total. The highest BCUT2D eigenvalue weighted by Gasteiger charge is 2.57. The summed E-state index contributed by atoms with van der Waals surface area (Å²) in [6.45, 7) is 0. The van der Waals surface area contributed by atoms with Crippen LogP contribution >= 0.6 is 15.9 Å². The molecule has 0 aromatic heterocycles. The van der Waals surface area contributed by atoms with Gasteiger partial charge in [0.15, 0.2) is 0 Å². The van der Waals surface area contributed by atoms with Crippen LogP contribution in [0.2, 0.25) is 0 Å². The highest BCUT2D eigenvalue weighted by Crippen LogP contribution is 2.48. The molecule has 6 heteroatoms. The maximum absolute atomic E-state index is 13.6. The second kappa shape index (κ2) is 5.35. The van der Waals surface area contributed by atoms with Crippen molar-refractivity contribution in [2.75, 3.05) is 0 Å². The SMILES string of the molecule is FC(F)(F)C1(c2ccccc2)C=C(c2ccc(Br)cc2)N=N1. The molecule has 0 amide bonds. The predicted molar refractivity (Wildman–Crippen MR) is 81.2 cm³/mol. The number of hydrogen-bond acceptors (Lipinski definition) is 2. The molecule has 0 bridgehead atoms. The van der Waals surface area contributed by atoms with Crippen LogP contribution in [0.1, 0.15) is 11.1 Å². The second-order valence-electron chi connectivity index (χ2n) is 4.87. The van der Waals surface area contributed by atoms with E-state index in [-0.39, 0.29) is 11.3 Å². The van der Waals surface area contributed by atoms with E-state index in [1.165, 1.54) is 12.1 Å². The lowest BCUT2D eigenvalue weighted by Gasteiger charge is -2.25. The molecule has 1 aliphatic rings. The number of hydrogen-bond donors (Lipinski definition) is 0. The summed E-state index contributed by atoms with van der Waals surface area (Å²) in [6, 6.07) is 14.5. The largest absolute Gasteiger partial charge is 0.423 e. The summed E-state index contributed by atoms with van der Waals surface area (Å²) in [4.78, 5) is 0. The van der Waals surface area contributed by atoms with Gasteiger partial charge in [-0.05, 0) is 23.8 Å². The molecule has 1 aliphatic heterocycles. The van der Waals surface area contributed by atoms with Gasteiger partial charge >= 0.3 is 6.18 Å². The van der Waals surface area contributed by atoms with Gasteiger partial charge in [0.05, 0.1) is 5.70 Å². The standard InChI is InChI=1S/C16H10BrF3N2/c17-13-8-6-11(7-9-13)14-10-15(22-21-14,16(18,19)20)12-4-2-1-3-5-12/h1-10H. The quantitative estimate of drug-likeness (QED) is 0.649. The minimum atomic E-state index is -4.56. The van der Waals surface area contributed by atoms with Crippen molar-refractivity contribution in [3.05, 3.63) is 76.3 Å². The van der Waals surface area contributed by atoms with E-state index >= 15 is 0 Å². The Morgan fingerprint density at radius 3 is 2.14 bits per heavy atom. The van der Waals surface area contributed by atoms with Gasteiger partial charge in [-0.1, -0.05) is 58.4 Å². The molecule has 0 spiro atoms. The topological polar surface area (TPSA) is 24.7 Å². The van der Waals surface area contributed by atoms with Crippen molar-refractivity contribution in [2.45, 2.75) is 11.7 Å². The first-order valence-corrected chi connectivity index (χ1v) is 7.26. The zero-order valence-electron chi connectivity index (χ0n) is 11.2. The Balaban J connectivity index is 2.11. The van der Waals surface area contributed by atoms with Crippen LogP contribution < -0.4 is 0 Å². The first-order valence-electron chi connectivity index (χ1n) is 6.46. The fraction of sp³-hybridized carbons (Fsp3) is 0.125. The fourth-order valence-electron chi connectivity index (χ4n) is 2.29. The lowest BCUT2D eigenvalue weighted by atomic mass is 9.89. The van der Waals surface area contributed by atoms with Gasteiger partial charge in [0.1, 0.15) is 0 Å². The van der Waals surface area contributed by atoms with Crippen LogP contribution in [0.4, 0.5) is 13.2 Å². The van der Waals surface area contributed by atoms with E-state index in [0.29, 0.717) is 5.56 Å². The molecule has 3 rings (SSSR count). The molecule has 1 heterocycles. The molecule has 1 unspecified atom stereocenters. The van der Waals surface area contributed by atoms with E-state index < -0.39 is 11.7 Å². The predicted octanol–water partition coefficient (Wildman–Crippen LogP) is 5.71. The number of halogens is 4. The summed E-state index contributed by atoms with van der Waals surface area (Å²) in [5.41, 5.74) is -1.56. The third-order valence-electron chi connectivity index (χ3n) is 3.45. The minimum Gasteiger partial charge on any atom is -0.168 e. The molecule has 1 atom stereocenters. The monoisotopic (exact) mass is 366 g/mol. The Bertz CT molecular complexity index is 736. The summed E-state index contributed by atoms with van der Waals surface area (Å²) in [5, 5.41) is 7.37. The Hall–Kier alpha value is -1.95. The lowest BCUT2D eigenvalue weighted by Crippen LogP contribution is -2.37. The van der Waals surface area contributed by atoms with Crippen LogP contribution in [0.3, 0.4) is 0 Å². The number of rotatable bonds is 2. The Labute approximate surface area is 133 Å². The average molecular weight is 367 g/mol. The van der Waals surface area contributed by atoms with Crippen LogP contribution in [0.5, 0.6) is 0 Å². The van der Waals surface area contributed by atoms with Gasteiger partial charge in [-0.25, -0.2) is 0 Å². The van der Waals surface area contributed by atoms with Crippen molar-refractivity contribution < 1.29 is 13.2 Å². The van der Waals surface area contributed by atoms with Crippen molar-refractivity contribution in [2.24, 2.45) is 10.2 Å². The molecule has 2 aromatic carbocycles. The summed E-state index contributed by atoms with van der Waals surface area (Å²) < 4.78 is 41.8. The first-order chi connectivity index (χ1) is 10.4. The molecule has 0 saturated carbocycles. The maximum atomic E-state index is 13.6. The Morgan fingerprint density at radius 1 is 0.909 bits per heavy atom. The smallest absolute Gasteiger partial charge is 0.168 e. The lowest BCUT2D eigenvalue weighted by molar-refractivity contribution is -0.174. The molecule has 0 saturated heterocycles. The van der Waals surface area contributed by atoms with Gasteiger partial charge in [0, 0.05) is 10.0 Å². The van der Waals surface area contributed by atoms with Gasteiger partial charge in [-0.2, -0.15) is 23.4 Å². The fourth-order valence-corrected chi connectivity index (χ4v) is 2.55. The minimum absolute atomic E-state index is 0.0540. The van der Waals surface area contributed by atoms with Crippen LogP contribution in [-0.4, -0.2) is 6.18 Å². The van der Waals surface area contributed by atoms with Crippen molar-refractivity contribution in [3.8, 4) is 0 Å². The van der Waals surface area contributed by atoms with Crippen molar-refractivity contribution in [3.63, 3.8) is 0 Å². The normalized spacial score (nSPS) is 21.0. The van der Waals surface area contributed by atoms with E-state index in [0.717, 1.165) is 10.5 Å². The third-order valence-corrected chi connectivity index (χ3v) is 3.98. The van der Waals surface area contributed by atoms with Crippen LogP contribution in [0, 0.1) is 0 Å². The van der Waals surface area contributed by atoms with E-state index in [4.69, 9.17) is 0 Å². The number of nitrogens with zero attached hydrogens (tertiary/aromatic N) is 2. The van der Waals surface area contributed by atoms with Gasteiger partial charge < -0.3 is 0 Å². The van der Waals surface area contributed by atoms with Crippen molar-refractivity contribution in [1.29, 1.82) is 0 Å². The van der Waals surface area contributed by atoms with E-state index in [9.17, 15) is 13.2 Å². The van der Waals surface area contributed by atoms with Crippen molar-refractivity contribution in [1.82, 2.24) is 0 Å². The van der Waals surface area contributed by atoms with Crippen LogP contribution in [0.25, 0.3) is 5.70 Å². The number of benzene rings is 2. The molecular formula is C16H10BrF3N2. The van der Waals surface area contributed by atoms with Gasteiger partial charge in [0.2, 0.25) is 5.54 Å². The molecule has 0 radical (unpaired) electrons. The average Bonchev–Trinajstić information content (AvgIpc) is 2.95. The summed E-state index contributed by atoms with van der Waals surface area (Å²) in [5.74, 6) is 0. The number of alkyl halides is 3. The highest BCUT2D eigenvalue weighted by molar-refractivity contribution is 9.10. The molecular weight excluding hydrogens is 357 g/mol. The number of azo groups is 1. The molecule has 2 aromatic rings. The van der Waals surface area contributed by atoms with Crippen LogP contribution in [-0.2, 0) is 5.54 Å². The summed E-state index contributed by atoms with van der Waals surface area (Å²) in [6.07, 6.45) is -3.49. The zero-order valence-corrected chi connectivity index (χ0v) is 12.8. The second-order valence-corrected chi connectivity index (χ2v) is 5.78. The summed E-state index contributed by atoms with van der Waals surface area (Å²) >= 11 is 3.29. The molecule has 0 fully saturated rings. The highest BCUT2D eigenvalue weighted by atomic mass is 79.9. The molecule has 0 aliphatic carbocycles.